The molecule has 1 aliphatic carbocycles. The summed E-state index contributed by atoms with van der Waals surface area (Å²) in [6.07, 6.45) is 6.98. The lowest BCUT2D eigenvalue weighted by molar-refractivity contribution is 1.12. The highest BCUT2D eigenvalue weighted by Crippen LogP contribution is 2.40. The molecule has 0 N–H and O–H groups in total. The zero-order valence-corrected chi connectivity index (χ0v) is 22.3. The molecule has 7 aromatic rings. The molecule has 1 aliphatic rings. The molecule has 0 unspecified atom stereocenters. The van der Waals surface area contributed by atoms with E-state index in [-0.39, 0.29) is 0 Å². The van der Waals surface area contributed by atoms with Crippen LogP contribution >= 0.6 is 0 Å². The fraction of sp³-hybridized carbons (Fsp3) is 0.0500. The summed E-state index contributed by atoms with van der Waals surface area (Å²) >= 11 is 0. The predicted octanol–water partition coefficient (Wildman–Crippen LogP) is 9.50. The zero-order valence-electron chi connectivity index (χ0n) is 22.3. The fourth-order valence-corrected chi connectivity index (χ4v) is 6.43. The van der Waals surface area contributed by atoms with E-state index in [1.807, 2.05) is 0 Å². The SMILES string of the molecule is C1=c2ccc(-c3ccc(-c4cc(-c5cc6ccccc6c6ccccc56)c5ccccc5c4)cc3)cc2=CCC1. The monoisotopic (exact) mass is 508 g/mol. The van der Waals surface area contributed by atoms with Crippen molar-refractivity contribution >= 4 is 44.5 Å². The van der Waals surface area contributed by atoms with Gasteiger partial charge in [-0.2, -0.15) is 0 Å². The lowest BCUT2D eigenvalue weighted by Gasteiger charge is -2.15. The number of fused-ring (bicyclic) bond motifs is 5. The lowest BCUT2D eigenvalue weighted by Crippen LogP contribution is -2.26. The van der Waals surface area contributed by atoms with Crippen LogP contribution in [0.2, 0.25) is 0 Å². The van der Waals surface area contributed by atoms with Gasteiger partial charge in [0.25, 0.3) is 0 Å². The lowest BCUT2D eigenvalue weighted by atomic mass is 9.88. The first-order chi connectivity index (χ1) is 19.8. The molecular formula is C40H28. The minimum absolute atomic E-state index is 1.13. The van der Waals surface area contributed by atoms with Crippen molar-refractivity contribution in [3.05, 3.63) is 144 Å². The molecule has 40 heavy (non-hydrogen) atoms. The Hall–Kier alpha value is -4.94. The van der Waals surface area contributed by atoms with E-state index < -0.39 is 0 Å². The molecule has 0 spiro atoms. The maximum atomic E-state index is 2.39. The van der Waals surface area contributed by atoms with Crippen molar-refractivity contribution in [1.82, 2.24) is 0 Å². The highest BCUT2D eigenvalue weighted by Gasteiger charge is 2.13. The van der Waals surface area contributed by atoms with Crippen molar-refractivity contribution in [2.45, 2.75) is 12.8 Å². The second kappa shape index (κ2) is 9.36. The molecule has 0 saturated heterocycles. The number of hydrogen-bond acceptors (Lipinski definition) is 0. The Morgan fingerprint density at radius 3 is 1.65 bits per heavy atom. The van der Waals surface area contributed by atoms with Crippen LogP contribution in [-0.4, -0.2) is 0 Å². The Morgan fingerprint density at radius 1 is 0.325 bits per heavy atom. The second-order valence-corrected chi connectivity index (χ2v) is 10.8. The standard InChI is InChI=1S/C40H28/c1-2-10-30-23-31(22-21-27(30)9-1)28-17-19-29(20-18-28)34-24-32-11-3-6-14-36(32)39(26-34)40-25-33-12-4-5-13-35(33)37-15-7-8-16-38(37)40/h3-26H,1-2H2. The summed E-state index contributed by atoms with van der Waals surface area (Å²) in [5.74, 6) is 0. The molecule has 0 amide bonds. The molecule has 0 fully saturated rings. The summed E-state index contributed by atoms with van der Waals surface area (Å²) < 4.78 is 0. The van der Waals surface area contributed by atoms with Crippen LogP contribution < -0.4 is 10.4 Å². The van der Waals surface area contributed by atoms with Gasteiger partial charge in [-0.1, -0.05) is 121 Å². The van der Waals surface area contributed by atoms with Crippen molar-refractivity contribution in [2.75, 3.05) is 0 Å². The third kappa shape index (κ3) is 3.84. The van der Waals surface area contributed by atoms with Crippen LogP contribution in [0.1, 0.15) is 12.8 Å². The second-order valence-electron chi connectivity index (χ2n) is 10.8. The summed E-state index contributed by atoms with van der Waals surface area (Å²) in [7, 11) is 0. The minimum atomic E-state index is 1.13. The molecular weight excluding hydrogens is 480 g/mol. The molecule has 0 heteroatoms. The van der Waals surface area contributed by atoms with Gasteiger partial charge in [0, 0.05) is 0 Å². The Labute approximate surface area is 234 Å². The van der Waals surface area contributed by atoms with E-state index in [9.17, 15) is 0 Å². The summed E-state index contributed by atoms with van der Waals surface area (Å²) in [5, 5.41) is 10.4. The van der Waals surface area contributed by atoms with E-state index in [4.69, 9.17) is 0 Å². The van der Waals surface area contributed by atoms with E-state index in [0.29, 0.717) is 0 Å². The van der Waals surface area contributed by atoms with Gasteiger partial charge in [-0.15, -0.1) is 0 Å². The van der Waals surface area contributed by atoms with Crippen LogP contribution in [0.3, 0.4) is 0 Å². The van der Waals surface area contributed by atoms with E-state index in [0.717, 1.165) is 12.8 Å². The molecule has 0 heterocycles. The van der Waals surface area contributed by atoms with Gasteiger partial charge in [-0.3, -0.25) is 0 Å². The topological polar surface area (TPSA) is 0 Å². The summed E-state index contributed by atoms with van der Waals surface area (Å²) in [4.78, 5) is 0. The third-order valence-electron chi connectivity index (χ3n) is 8.45. The van der Waals surface area contributed by atoms with E-state index in [2.05, 4.69) is 146 Å². The van der Waals surface area contributed by atoms with Crippen molar-refractivity contribution in [3.8, 4) is 33.4 Å². The Kier molecular flexibility index (Phi) is 5.38. The van der Waals surface area contributed by atoms with Gasteiger partial charge in [0.05, 0.1) is 0 Å². The van der Waals surface area contributed by atoms with Gasteiger partial charge in [-0.25, -0.2) is 0 Å². The Morgan fingerprint density at radius 2 is 0.875 bits per heavy atom. The average Bonchev–Trinajstić information content (AvgIpc) is 3.04. The van der Waals surface area contributed by atoms with Crippen molar-refractivity contribution in [2.24, 2.45) is 0 Å². The van der Waals surface area contributed by atoms with E-state index in [1.165, 1.54) is 76.1 Å². The van der Waals surface area contributed by atoms with Crippen LogP contribution in [-0.2, 0) is 0 Å². The molecule has 0 aliphatic heterocycles. The quantitative estimate of drug-likeness (QED) is 0.209. The number of hydrogen-bond donors (Lipinski definition) is 0. The van der Waals surface area contributed by atoms with Crippen molar-refractivity contribution < 1.29 is 0 Å². The molecule has 0 radical (unpaired) electrons. The molecule has 8 rings (SSSR count). The average molecular weight is 509 g/mol. The normalized spacial score (nSPS) is 12.7. The number of rotatable bonds is 3. The van der Waals surface area contributed by atoms with Crippen molar-refractivity contribution in [3.63, 3.8) is 0 Å². The molecule has 0 bridgehead atoms. The van der Waals surface area contributed by atoms with Gasteiger partial charge < -0.3 is 0 Å². The Bertz CT molecular complexity index is 2200. The van der Waals surface area contributed by atoms with Gasteiger partial charge in [0.2, 0.25) is 0 Å². The smallest absolute Gasteiger partial charge is 0.00926 e. The molecule has 0 nitrogen and oxygen atoms in total. The first-order valence-electron chi connectivity index (χ1n) is 14.2. The summed E-state index contributed by atoms with van der Waals surface area (Å²) in [6, 6.07) is 49.4. The Balaban J connectivity index is 1.30. The van der Waals surface area contributed by atoms with Crippen LogP contribution in [0.15, 0.2) is 133 Å². The third-order valence-corrected chi connectivity index (χ3v) is 8.45. The first kappa shape index (κ1) is 23.0. The number of benzene rings is 7. The summed E-state index contributed by atoms with van der Waals surface area (Å²) in [6.45, 7) is 0. The predicted molar refractivity (Wildman–Crippen MR) is 173 cm³/mol. The largest absolute Gasteiger partial charge is 0.0764 e. The molecule has 0 saturated carbocycles. The molecule has 0 atom stereocenters. The van der Waals surface area contributed by atoms with Crippen LogP contribution in [0.25, 0.3) is 77.9 Å². The maximum absolute atomic E-state index is 2.39. The van der Waals surface area contributed by atoms with E-state index in [1.54, 1.807) is 0 Å². The molecule has 7 aromatic carbocycles. The van der Waals surface area contributed by atoms with E-state index >= 15 is 0 Å². The highest BCUT2D eigenvalue weighted by atomic mass is 14.2. The molecule has 0 aromatic heterocycles. The van der Waals surface area contributed by atoms with Crippen LogP contribution in [0.4, 0.5) is 0 Å². The maximum Gasteiger partial charge on any atom is -0.00926 e. The zero-order chi connectivity index (χ0) is 26.5. The summed E-state index contributed by atoms with van der Waals surface area (Å²) in [5.41, 5.74) is 7.57. The van der Waals surface area contributed by atoms with Crippen LogP contribution in [0, 0.1) is 0 Å². The minimum Gasteiger partial charge on any atom is -0.0764 e. The van der Waals surface area contributed by atoms with Crippen LogP contribution in [0.5, 0.6) is 0 Å². The molecule has 188 valence electrons. The first-order valence-corrected chi connectivity index (χ1v) is 14.2. The van der Waals surface area contributed by atoms with Gasteiger partial charge in [0.1, 0.15) is 0 Å². The van der Waals surface area contributed by atoms with Gasteiger partial charge in [-0.05, 0) is 113 Å². The van der Waals surface area contributed by atoms with Crippen molar-refractivity contribution in [1.29, 1.82) is 0 Å². The fourth-order valence-electron chi connectivity index (χ4n) is 6.43. The van der Waals surface area contributed by atoms with Gasteiger partial charge >= 0.3 is 0 Å². The van der Waals surface area contributed by atoms with Gasteiger partial charge in [0.15, 0.2) is 0 Å². The highest BCUT2D eigenvalue weighted by molar-refractivity contribution is 6.16.